The van der Waals surface area contributed by atoms with Crippen LogP contribution in [0.25, 0.3) is 0 Å². The maximum Gasteiger partial charge on any atom is 0.131 e. The van der Waals surface area contributed by atoms with E-state index in [0.29, 0.717) is 0 Å². The summed E-state index contributed by atoms with van der Waals surface area (Å²) in [5.74, 6) is 2.83. The molecule has 3 nitrogen and oxygen atoms in total. The van der Waals surface area contributed by atoms with Crippen molar-refractivity contribution < 1.29 is 0 Å². The first-order valence-corrected chi connectivity index (χ1v) is 6.62. The summed E-state index contributed by atoms with van der Waals surface area (Å²) in [5.41, 5.74) is 0. The van der Waals surface area contributed by atoms with Crippen LogP contribution in [0.3, 0.4) is 0 Å². The minimum absolute atomic E-state index is 0.730. The zero-order valence-corrected chi connectivity index (χ0v) is 11.1. The second-order valence-electron chi connectivity index (χ2n) is 5.24. The highest BCUT2D eigenvalue weighted by Crippen LogP contribution is 2.31. The summed E-state index contributed by atoms with van der Waals surface area (Å²) in [5, 5.41) is 3.11. The largest absolute Gasteiger partial charge is 0.373 e. The molecule has 0 radical (unpaired) electrons. The van der Waals surface area contributed by atoms with Gasteiger partial charge < -0.3 is 10.2 Å². The summed E-state index contributed by atoms with van der Waals surface area (Å²) < 4.78 is 0. The lowest BCUT2D eigenvalue weighted by Crippen LogP contribution is -2.28. The molecule has 0 bridgehead atoms. The van der Waals surface area contributed by atoms with Crippen molar-refractivity contribution in [2.24, 2.45) is 5.92 Å². The van der Waals surface area contributed by atoms with Gasteiger partial charge in [0.25, 0.3) is 0 Å². The molecule has 3 heteroatoms. The van der Waals surface area contributed by atoms with E-state index in [1.165, 1.54) is 19.3 Å². The van der Waals surface area contributed by atoms with Crippen molar-refractivity contribution in [2.45, 2.75) is 39.2 Å². The highest BCUT2D eigenvalue weighted by Gasteiger charge is 2.29. The van der Waals surface area contributed by atoms with Gasteiger partial charge in [-0.2, -0.15) is 0 Å². The smallest absolute Gasteiger partial charge is 0.131 e. The first-order chi connectivity index (χ1) is 8.20. The van der Waals surface area contributed by atoms with Crippen molar-refractivity contribution >= 4 is 11.6 Å². The van der Waals surface area contributed by atoms with E-state index in [9.17, 15) is 0 Å². The van der Waals surface area contributed by atoms with Crippen LogP contribution in [0, 0.1) is 5.92 Å². The molecule has 1 aromatic heterocycles. The van der Waals surface area contributed by atoms with Gasteiger partial charge in [0, 0.05) is 19.6 Å². The number of hydrogen-bond acceptors (Lipinski definition) is 3. The topological polar surface area (TPSA) is 28.2 Å². The van der Waals surface area contributed by atoms with E-state index in [1.54, 1.807) is 0 Å². The highest BCUT2D eigenvalue weighted by molar-refractivity contribution is 5.48. The maximum absolute atomic E-state index is 4.65. The molecule has 0 aromatic carbocycles. The molecule has 0 unspecified atom stereocenters. The third-order valence-electron chi connectivity index (χ3n) is 3.22. The molecule has 0 spiro atoms. The van der Waals surface area contributed by atoms with Gasteiger partial charge in [0.15, 0.2) is 0 Å². The Morgan fingerprint density at radius 3 is 2.76 bits per heavy atom. The third kappa shape index (κ3) is 3.35. The Hall–Kier alpha value is -1.25. The predicted molar refractivity (Wildman–Crippen MR) is 73.6 cm³/mol. The van der Waals surface area contributed by atoms with Crippen LogP contribution in [-0.2, 0) is 0 Å². The molecular formula is C14H23N3. The molecule has 1 aliphatic carbocycles. The zero-order chi connectivity index (χ0) is 12.3. The Bertz CT molecular complexity index is 358. The van der Waals surface area contributed by atoms with E-state index < -0.39 is 0 Å². The number of hydrogen-bond donors (Lipinski definition) is 1. The first kappa shape index (κ1) is 12.2. The molecule has 1 fully saturated rings. The molecule has 2 rings (SSSR count). The first-order valence-electron chi connectivity index (χ1n) is 6.62. The molecule has 94 valence electrons. The summed E-state index contributed by atoms with van der Waals surface area (Å²) >= 11 is 0. The lowest BCUT2D eigenvalue weighted by atomic mass is 10.1. The molecule has 0 atom stereocenters. The van der Waals surface area contributed by atoms with Crippen molar-refractivity contribution in [3.05, 3.63) is 18.2 Å². The van der Waals surface area contributed by atoms with E-state index in [2.05, 4.69) is 41.2 Å². The molecular weight excluding hydrogens is 210 g/mol. The van der Waals surface area contributed by atoms with E-state index in [4.69, 9.17) is 0 Å². The number of rotatable bonds is 6. The van der Waals surface area contributed by atoms with Crippen LogP contribution in [0.1, 0.15) is 33.1 Å². The maximum atomic E-state index is 4.65. The molecule has 0 saturated heterocycles. The number of nitrogens with zero attached hydrogens (tertiary/aromatic N) is 2. The highest BCUT2D eigenvalue weighted by atomic mass is 15.2. The Kier molecular flexibility index (Phi) is 3.87. The van der Waals surface area contributed by atoms with Crippen molar-refractivity contribution in [3.8, 4) is 0 Å². The summed E-state index contributed by atoms with van der Waals surface area (Å²) in [6, 6.07) is 6.95. The van der Waals surface area contributed by atoms with Crippen LogP contribution in [0.4, 0.5) is 11.6 Å². The second kappa shape index (κ2) is 5.39. The van der Waals surface area contributed by atoms with E-state index in [0.717, 1.165) is 30.1 Å². The minimum atomic E-state index is 0.730. The fourth-order valence-corrected chi connectivity index (χ4v) is 1.99. The summed E-state index contributed by atoms with van der Waals surface area (Å²) in [4.78, 5) is 7.12. The van der Waals surface area contributed by atoms with Crippen LogP contribution in [0.5, 0.6) is 0 Å². The quantitative estimate of drug-likeness (QED) is 0.818. The van der Waals surface area contributed by atoms with Gasteiger partial charge in [-0.3, -0.25) is 0 Å². The summed E-state index contributed by atoms with van der Waals surface area (Å²) in [6.45, 7) is 5.69. The molecule has 1 aromatic rings. The number of anilines is 2. The van der Waals surface area contributed by atoms with E-state index in [1.807, 2.05) is 13.1 Å². The fourth-order valence-electron chi connectivity index (χ4n) is 1.99. The van der Waals surface area contributed by atoms with Gasteiger partial charge in [0.2, 0.25) is 0 Å². The van der Waals surface area contributed by atoms with Gasteiger partial charge in [-0.1, -0.05) is 19.9 Å². The predicted octanol–water partition coefficient (Wildman–Crippen LogP) is 3.14. The van der Waals surface area contributed by atoms with Crippen LogP contribution in [0.2, 0.25) is 0 Å². The van der Waals surface area contributed by atoms with Gasteiger partial charge in [-0.15, -0.1) is 0 Å². The van der Waals surface area contributed by atoms with Crippen molar-refractivity contribution in [1.29, 1.82) is 0 Å². The average molecular weight is 233 g/mol. The monoisotopic (exact) mass is 233 g/mol. The van der Waals surface area contributed by atoms with E-state index in [-0.39, 0.29) is 0 Å². The van der Waals surface area contributed by atoms with Gasteiger partial charge in [-0.25, -0.2) is 4.98 Å². The van der Waals surface area contributed by atoms with Crippen molar-refractivity contribution in [2.75, 3.05) is 23.8 Å². The van der Waals surface area contributed by atoms with Crippen LogP contribution in [0.15, 0.2) is 18.2 Å². The van der Waals surface area contributed by atoms with Gasteiger partial charge >= 0.3 is 0 Å². The standard InChI is InChI=1S/C14H23N3/c1-11(2)9-10-17(12-7-8-12)14-6-4-5-13(15-3)16-14/h4-6,11-12H,7-10H2,1-3H3,(H,15,16). The van der Waals surface area contributed by atoms with Gasteiger partial charge in [0.05, 0.1) is 0 Å². The third-order valence-corrected chi connectivity index (χ3v) is 3.22. The van der Waals surface area contributed by atoms with Crippen molar-refractivity contribution in [1.82, 2.24) is 4.98 Å². The normalized spacial score (nSPS) is 15.1. The number of aromatic nitrogens is 1. The Balaban J connectivity index is 2.08. The average Bonchev–Trinajstić information content (AvgIpc) is 3.14. The molecule has 1 aliphatic rings. The molecule has 1 heterocycles. The Morgan fingerprint density at radius 2 is 2.18 bits per heavy atom. The Labute approximate surface area is 104 Å². The summed E-state index contributed by atoms with van der Waals surface area (Å²) in [7, 11) is 1.92. The van der Waals surface area contributed by atoms with Crippen molar-refractivity contribution in [3.63, 3.8) is 0 Å². The molecule has 0 aliphatic heterocycles. The van der Waals surface area contributed by atoms with Gasteiger partial charge in [0.1, 0.15) is 11.6 Å². The van der Waals surface area contributed by atoms with Gasteiger partial charge in [-0.05, 0) is 37.3 Å². The fraction of sp³-hybridized carbons (Fsp3) is 0.643. The molecule has 0 amide bonds. The van der Waals surface area contributed by atoms with Crippen LogP contribution < -0.4 is 10.2 Å². The molecule has 17 heavy (non-hydrogen) atoms. The lowest BCUT2D eigenvalue weighted by Gasteiger charge is -2.24. The molecule has 1 saturated carbocycles. The number of pyridine rings is 1. The summed E-state index contributed by atoms with van der Waals surface area (Å²) in [6.07, 6.45) is 3.88. The second-order valence-corrected chi connectivity index (χ2v) is 5.24. The van der Waals surface area contributed by atoms with Crippen LogP contribution >= 0.6 is 0 Å². The minimum Gasteiger partial charge on any atom is -0.373 e. The zero-order valence-electron chi connectivity index (χ0n) is 11.1. The molecule has 1 N–H and O–H groups in total. The van der Waals surface area contributed by atoms with Crippen LogP contribution in [-0.4, -0.2) is 24.6 Å². The van der Waals surface area contributed by atoms with E-state index >= 15 is 0 Å². The lowest BCUT2D eigenvalue weighted by molar-refractivity contribution is 0.568. The Morgan fingerprint density at radius 1 is 1.41 bits per heavy atom. The number of nitrogens with one attached hydrogen (secondary N) is 1. The SMILES string of the molecule is CNc1cccc(N(CCC(C)C)C2CC2)n1.